The molecule has 1 aliphatic rings. The molecule has 23 heavy (non-hydrogen) atoms. The lowest BCUT2D eigenvalue weighted by Gasteiger charge is -2.36. The van der Waals surface area contributed by atoms with Gasteiger partial charge in [-0.2, -0.15) is 20.2 Å². The lowest BCUT2D eigenvalue weighted by atomic mass is 10.2. The number of nitriles is 1. The number of hydrogen-bond acceptors (Lipinski definition) is 7. The second kappa shape index (κ2) is 6.44. The number of piperazine rings is 1. The van der Waals surface area contributed by atoms with Crippen LogP contribution in [0.25, 0.3) is 0 Å². The van der Waals surface area contributed by atoms with Gasteiger partial charge in [-0.05, 0) is 24.3 Å². The predicted molar refractivity (Wildman–Crippen MR) is 84.4 cm³/mol. The fourth-order valence-corrected chi connectivity index (χ4v) is 2.53. The van der Waals surface area contributed by atoms with Crippen LogP contribution in [0.15, 0.2) is 24.3 Å². The van der Waals surface area contributed by atoms with Crippen molar-refractivity contribution in [3.05, 3.63) is 35.9 Å². The maximum atomic E-state index is 13.0. The molecular formula is C15H16FN7. The Kier molecular flexibility index (Phi) is 4.19. The first-order valence-electron chi connectivity index (χ1n) is 7.28. The van der Waals surface area contributed by atoms with Crippen molar-refractivity contribution >= 4 is 17.6 Å². The summed E-state index contributed by atoms with van der Waals surface area (Å²) in [5, 5.41) is 8.75. The van der Waals surface area contributed by atoms with Gasteiger partial charge in [0.1, 0.15) is 11.6 Å². The predicted octanol–water partition coefficient (Wildman–Crippen LogP) is 0.986. The summed E-state index contributed by atoms with van der Waals surface area (Å²) in [6.07, 6.45) is 0.106. The molecular weight excluding hydrogens is 297 g/mol. The summed E-state index contributed by atoms with van der Waals surface area (Å²) in [7, 11) is 0. The zero-order valence-corrected chi connectivity index (χ0v) is 12.5. The van der Waals surface area contributed by atoms with Gasteiger partial charge in [0, 0.05) is 31.9 Å². The van der Waals surface area contributed by atoms with Crippen LogP contribution in [0, 0.1) is 17.1 Å². The lowest BCUT2D eigenvalue weighted by molar-refractivity contribution is 0.622. The molecule has 1 saturated heterocycles. The van der Waals surface area contributed by atoms with Gasteiger partial charge in [0.05, 0.1) is 12.5 Å². The van der Waals surface area contributed by atoms with E-state index in [0.717, 1.165) is 18.8 Å². The van der Waals surface area contributed by atoms with Gasteiger partial charge in [0.25, 0.3) is 0 Å². The zero-order chi connectivity index (χ0) is 16.2. The summed E-state index contributed by atoms with van der Waals surface area (Å²) in [5.74, 6) is 0.775. The molecule has 0 radical (unpaired) electrons. The van der Waals surface area contributed by atoms with Crippen molar-refractivity contribution in [3.63, 3.8) is 0 Å². The van der Waals surface area contributed by atoms with Gasteiger partial charge in [-0.15, -0.1) is 0 Å². The van der Waals surface area contributed by atoms with Gasteiger partial charge in [-0.3, -0.25) is 0 Å². The van der Waals surface area contributed by atoms with E-state index < -0.39 is 0 Å². The molecule has 0 saturated carbocycles. The number of anilines is 3. The van der Waals surface area contributed by atoms with Crippen LogP contribution in [0.3, 0.4) is 0 Å². The van der Waals surface area contributed by atoms with Crippen molar-refractivity contribution in [2.75, 3.05) is 41.7 Å². The maximum Gasteiger partial charge on any atom is 0.230 e. The van der Waals surface area contributed by atoms with E-state index in [4.69, 9.17) is 11.0 Å². The van der Waals surface area contributed by atoms with Crippen LogP contribution >= 0.6 is 0 Å². The van der Waals surface area contributed by atoms with Gasteiger partial charge >= 0.3 is 0 Å². The molecule has 3 rings (SSSR count). The van der Waals surface area contributed by atoms with Crippen LogP contribution in [0.2, 0.25) is 0 Å². The van der Waals surface area contributed by atoms with Gasteiger partial charge in [0.2, 0.25) is 11.9 Å². The molecule has 0 bridgehead atoms. The Bertz CT molecular complexity index is 718. The molecule has 2 heterocycles. The maximum absolute atomic E-state index is 13.0. The summed E-state index contributed by atoms with van der Waals surface area (Å²) in [6, 6.07) is 8.48. The average Bonchev–Trinajstić information content (AvgIpc) is 2.55. The minimum absolute atomic E-state index is 0.106. The monoisotopic (exact) mass is 313 g/mol. The molecule has 7 nitrogen and oxygen atoms in total. The second-order valence-electron chi connectivity index (χ2n) is 5.20. The van der Waals surface area contributed by atoms with Crippen molar-refractivity contribution in [3.8, 4) is 6.07 Å². The lowest BCUT2D eigenvalue weighted by Crippen LogP contribution is -2.47. The van der Waals surface area contributed by atoms with Crippen molar-refractivity contribution in [1.82, 2.24) is 15.0 Å². The SMILES string of the molecule is N#CCc1nc(N)nc(N2CCN(c3ccc(F)cc3)CC2)n1. The van der Waals surface area contributed by atoms with Crippen LogP contribution in [0.4, 0.5) is 22.0 Å². The van der Waals surface area contributed by atoms with E-state index in [9.17, 15) is 4.39 Å². The Morgan fingerprint density at radius 2 is 1.70 bits per heavy atom. The van der Waals surface area contributed by atoms with Crippen molar-refractivity contribution in [2.45, 2.75) is 6.42 Å². The van der Waals surface area contributed by atoms with Gasteiger partial charge in [0.15, 0.2) is 0 Å². The average molecular weight is 313 g/mol. The Morgan fingerprint density at radius 1 is 1.04 bits per heavy atom. The highest BCUT2D eigenvalue weighted by Crippen LogP contribution is 2.19. The summed E-state index contributed by atoms with van der Waals surface area (Å²) < 4.78 is 13.0. The Hall–Kier alpha value is -2.95. The minimum Gasteiger partial charge on any atom is -0.368 e. The van der Waals surface area contributed by atoms with Crippen LogP contribution < -0.4 is 15.5 Å². The van der Waals surface area contributed by atoms with E-state index in [0.29, 0.717) is 24.9 Å². The topological polar surface area (TPSA) is 95.0 Å². The largest absolute Gasteiger partial charge is 0.368 e. The Labute approximate surface area is 133 Å². The summed E-state index contributed by atoms with van der Waals surface area (Å²) in [6.45, 7) is 2.97. The van der Waals surface area contributed by atoms with Crippen LogP contribution in [-0.2, 0) is 6.42 Å². The third-order valence-corrected chi connectivity index (χ3v) is 3.68. The van der Waals surface area contributed by atoms with Crippen molar-refractivity contribution < 1.29 is 4.39 Å². The van der Waals surface area contributed by atoms with E-state index in [2.05, 4.69) is 19.9 Å². The molecule has 1 fully saturated rings. The van der Waals surface area contributed by atoms with E-state index in [-0.39, 0.29) is 18.2 Å². The highest BCUT2D eigenvalue weighted by molar-refractivity contribution is 5.48. The quantitative estimate of drug-likeness (QED) is 0.902. The second-order valence-corrected chi connectivity index (χ2v) is 5.20. The first kappa shape index (κ1) is 15.0. The third kappa shape index (κ3) is 3.45. The Morgan fingerprint density at radius 3 is 2.35 bits per heavy atom. The number of halogens is 1. The molecule has 2 aromatic rings. The summed E-state index contributed by atoms with van der Waals surface area (Å²) in [5.41, 5.74) is 6.68. The number of hydrogen-bond donors (Lipinski definition) is 1. The van der Waals surface area contributed by atoms with E-state index >= 15 is 0 Å². The van der Waals surface area contributed by atoms with E-state index in [1.165, 1.54) is 12.1 Å². The number of aromatic nitrogens is 3. The fraction of sp³-hybridized carbons (Fsp3) is 0.333. The smallest absolute Gasteiger partial charge is 0.230 e. The molecule has 118 valence electrons. The first-order chi connectivity index (χ1) is 11.2. The molecule has 8 heteroatoms. The minimum atomic E-state index is -0.238. The van der Waals surface area contributed by atoms with Gasteiger partial charge < -0.3 is 15.5 Å². The summed E-state index contributed by atoms with van der Waals surface area (Å²) in [4.78, 5) is 16.6. The first-order valence-corrected chi connectivity index (χ1v) is 7.28. The van der Waals surface area contributed by atoms with Crippen molar-refractivity contribution in [2.24, 2.45) is 0 Å². The van der Waals surface area contributed by atoms with E-state index in [1.54, 1.807) is 12.1 Å². The molecule has 0 aliphatic carbocycles. The van der Waals surface area contributed by atoms with Gasteiger partial charge in [-0.25, -0.2) is 4.39 Å². The number of benzene rings is 1. The third-order valence-electron chi connectivity index (χ3n) is 3.68. The number of rotatable bonds is 3. The van der Waals surface area contributed by atoms with Crippen molar-refractivity contribution in [1.29, 1.82) is 5.26 Å². The number of nitrogens with zero attached hydrogens (tertiary/aromatic N) is 6. The standard InChI is InChI=1S/C15H16FN7/c16-11-1-3-12(4-2-11)22-7-9-23(10-8-22)15-20-13(5-6-17)19-14(18)21-15/h1-4H,5,7-10H2,(H2,18,19,20,21). The zero-order valence-electron chi connectivity index (χ0n) is 12.5. The molecule has 2 N–H and O–H groups in total. The summed E-state index contributed by atoms with van der Waals surface area (Å²) >= 11 is 0. The highest BCUT2D eigenvalue weighted by Gasteiger charge is 2.20. The van der Waals surface area contributed by atoms with Crippen LogP contribution in [0.1, 0.15) is 5.82 Å². The molecule has 0 amide bonds. The molecule has 1 aromatic carbocycles. The van der Waals surface area contributed by atoms with Crippen LogP contribution in [-0.4, -0.2) is 41.1 Å². The normalized spacial score (nSPS) is 14.6. The Balaban J connectivity index is 1.69. The fourth-order valence-electron chi connectivity index (χ4n) is 2.53. The number of nitrogen functional groups attached to an aromatic ring is 1. The molecule has 0 spiro atoms. The highest BCUT2D eigenvalue weighted by atomic mass is 19.1. The van der Waals surface area contributed by atoms with Gasteiger partial charge in [-0.1, -0.05) is 0 Å². The van der Waals surface area contributed by atoms with E-state index in [1.807, 2.05) is 11.0 Å². The molecule has 1 aromatic heterocycles. The molecule has 0 unspecified atom stereocenters. The van der Waals surface area contributed by atoms with Crippen LogP contribution in [0.5, 0.6) is 0 Å². The molecule has 1 aliphatic heterocycles. The number of nitrogens with two attached hydrogens (primary N) is 1. The molecule has 0 atom stereocenters.